The largest absolute Gasteiger partial charge is 0.394 e. The Bertz CT molecular complexity index is 1400. The molecule has 0 aromatic carbocycles. The van der Waals surface area contributed by atoms with Gasteiger partial charge >= 0.3 is 0 Å². The minimum absolute atomic E-state index is 0.166. The van der Waals surface area contributed by atoms with E-state index >= 15 is 0 Å². The van der Waals surface area contributed by atoms with E-state index in [9.17, 15) is 30.3 Å². The highest BCUT2D eigenvalue weighted by atomic mass is 16.7. The van der Waals surface area contributed by atoms with Gasteiger partial charge in [-0.25, -0.2) is 0 Å². The Morgan fingerprint density at radius 2 is 0.625 bits per heavy atom. The van der Waals surface area contributed by atoms with Crippen molar-refractivity contribution < 1.29 is 39.8 Å². The molecule has 0 bridgehead atoms. The van der Waals surface area contributed by atoms with Crippen molar-refractivity contribution in [3.05, 3.63) is 12.2 Å². The molecule has 1 heterocycles. The fraction of sp³-hybridized carbons (Fsp3) is 0.962. The molecule has 0 aromatic rings. The monoisotopic (exact) mass is 1250 g/mol. The van der Waals surface area contributed by atoms with Gasteiger partial charge in [0.25, 0.3) is 0 Å². The van der Waals surface area contributed by atoms with Gasteiger partial charge in [-0.3, -0.25) is 4.79 Å². The molecule has 1 saturated heterocycles. The van der Waals surface area contributed by atoms with Crippen LogP contribution in [-0.2, 0) is 14.3 Å². The van der Waals surface area contributed by atoms with Gasteiger partial charge in [0.05, 0.1) is 25.4 Å². The highest BCUT2D eigenvalue weighted by Crippen LogP contribution is 2.24. The number of amides is 1. The van der Waals surface area contributed by atoms with Gasteiger partial charge in [0, 0.05) is 6.42 Å². The molecule has 524 valence electrons. The number of rotatable bonds is 72. The van der Waals surface area contributed by atoms with E-state index < -0.39 is 49.5 Å². The smallest absolute Gasteiger partial charge is 0.220 e. The van der Waals surface area contributed by atoms with Crippen molar-refractivity contribution >= 4 is 5.91 Å². The first-order valence-corrected chi connectivity index (χ1v) is 39.9. The first-order chi connectivity index (χ1) is 43.3. The summed E-state index contributed by atoms with van der Waals surface area (Å²) in [5.74, 6) is -0.166. The summed E-state index contributed by atoms with van der Waals surface area (Å²) < 4.78 is 11.3. The standard InChI is InChI=1S/C79H155NO8/c1-3-5-7-9-11-13-15-17-19-21-23-25-27-29-30-31-32-33-34-35-36-37-38-39-40-41-42-43-44-45-47-49-51-53-55-57-59-61-63-65-67-69-75(83)80-72(71-87-79-78(86)77(85)76(84)74(70-81)88-79)73(82)68-66-64-62-60-58-56-54-52-50-48-46-28-26-24-22-20-18-16-14-12-10-8-6-4-2/h66,68,72-74,76-79,81-82,84-86H,3-65,67,69-71H2,1-2H3,(H,80,83)/b68-66+. The van der Waals surface area contributed by atoms with E-state index in [2.05, 4.69) is 19.2 Å². The third-order valence-electron chi connectivity index (χ3n) is 19.6. The third-order valence-corrected chi connectivity index (χ3v) is 19.6. The van der Waals surface area contributed by atoms with Crippen molar-refractivity contribution in [2.45, 2.75) is 474 Å². The number of carbonyl (C=O) groups excluding carboxylic acids is 1. The van der Waals surface area contributed by atoms with Crippen LogP contribution in [0.4, 0.5) is 0 Å². The number of aliphatic hydroxyl groups excluding tert-OH is 5. The van der Waals surface area contributed by atoms with Crippen LogP contribution >= 0.6 is 0 Å². The molecule has 1 amide bonds. The predicted octanol–water partition coefficient (Wildman–Crippen LogP) is 22.6. The Balaban J connectivity index is 2.02. The van der Waals surface area contributed by atoms with Gasteiger partial charge in [-0.1, -0.05) is 418 Å². The summed E-state index contributed by atoms with van der Waals surface area (Å²) >= 11 is 0. The van der Waals surface area contributed by atoms with Crippen molar-refractivity contribution in [3.63, 3.8) is 0 Å². The Labute approximate surface area is 547 Å². The van der Waals surface area contributed by atoms with Gasteiger partial charge in [0.15, 0.2) is 6.29 Å². The molecule has 1 aliphatic rings. The highest BCUT2D eigenvalue weighted by Gasteiger charge is 2.44. The summed E-state index contributed by atoms with van der Waals surface area (Å²) in [6, 6.07) is -0.803. The molecule has 0 spiro atoms. The number of allylic oxidation sites excluding steroid dienone is 1. The van der Waals surface area contributed by atoms with Gasteiger partial charge in [0.1, 0.15) is 24.4 Å². The normalized spacial score (nSPS) is 17.8. The topological polar surface area (TPSA) is 149 Å². The van der Waals surface area contributed by atoms with E-state index in [-0.39, 0.29) is 12.5 Å². The third kappa shape index (κ3) is 56.5. The minimum Gasteiger partial charge on any atom is -0.394 e. The Morgan fingerprint density at radius 1 is 0.375 bits per heavy atom. The molecule has 9 nitrogen and oxygen atoms in total. The molecule has 0 aliphatic carbocycles. The van der Waals surface area contributed by atoms with Gasteiger partial charge in [0.2, 0.25) is 5.91 Å². The fourth-order valence-electron chi connectivity index (χ4n) is 13.4. The summed E-state index contributed by atoms with van der Waals surface area (Å²) in [6.45, 7) is 3.85. The van der Waals surface area contributed by atoms with Gasteiger partial charge in [-0.05, 0) is 19.3 Å². The second kappa shape index (κ2) is 68.8. The van der Waals surface area contributed by atoms with Gasteiger partial charge < -0.3 is 40.3 Å². The first kappa shape index (κ1) is 84.9. The average Bonchev–Trinajstić information content (AvgIpc) is 3.70. The maximum Gasteiger partial charge on any atom is 0.220 e. The van der Waals surface area contributed by atoms with E-state index in [1.807, 2.05) is 6.08 Å². The van der Waals surface area contributed by atoms with Crippen molar-refractivity contribution in [2.75, 3.05) is 13.2 Å². The molecular formula is C79H155NO8. The number of carbonyl (C=O) groups is 1. The van der Waals surface area contributed by atoms with E-state index in [0.717, 1.165) is 38.5 Å². The number of ether oxygens (including phenoxy) is 2. The first-order valence-electron chi connectivity index (χ1n) is 39.9. The Hall–Kier alpha value is -1.07. The second-order valence-electron chi connectivity index (χ2n) is 28.2. The summed E-state index contributed by atoms with van der Waals surface area (Å²) in [7, 11) is 0. The Kier molecular flexibility index (Phi) is 66.4. The lowest BCUT2D eigenvalue weighted by Gasteiger charge is -2.40. The average molecular weight is 1250 g/mol. The molecule has 1 rings (SSSR count). The van der Waals surface area contributed by atoms with Crippen LogP contribution in [0.5, 0.6) is 0 Å². The van der Waals surface area contributed by atoms with Gasteiger partial charge in [-0.15, -0.1) is 0 Å². The molecule has 0 aromatic heterocycles. The van der Waals surface area contributed by atoms with E-state index in [4.69, 9.17) is 9.47 Å². The molecule has 9 heteroatoms. The summed E-state index contributed by atoms with van der Waals surface area (Å²) in [6.07, 6.45) is 83.8. The molecule has 88 heavy (non-hydrogen) atoms. The molecule has 0 radical (unpaired) electrons. The van der Waals surface area contributed by atoms with Crippen LogP contribution in [0.1, 0.15) is 431 Å². The van der Waals surface area contributed by atoms with Crippen LogP contribution in [0, 0.1) is 0 Å². The zero-order chi connectivity index (χ0) is 63.5. The van der Waals surface area contributed by atoms with Crippen LogP contribution in [0.2, 0.25) is 0 Å². The minimum atomic E-state index is -1.57. The Morgan fingerprint density at radius 3 is 0.886 bits per heavy atom. The highest BCUT2D eigenvalue weighted by molar-refractivity contribution is 5.76. The molecule has 0 saturated carbocycles. The lowest BCUT2D eigenvalue weighted by molar-refractivity contribution is -0.302. The molecule has 7 unspecified atom stereocenters. The van der Waals surface area contributed by atoms with Crippen molar-refractivity contribution in [1.82, 2.24) is 5.32 Å². The number of hydrogen-bond acceptors (Lipinski definition) is 8. The van der Waals surface area contributed by atoms with Crippen molar-refractivity contribution in [2.24, 2.45) is 0 Å². The molecule has 1 aliphatic heterocycles. The van der Waals surface area contributed by atoms with E-state index in [1.54, 1.807) is 6.08 Å². The summed E-state index contributed by atoms with van der Waals surface area (Å²) in [5.41, 5.74) is 0. The number of nitrogens with one attached hydrogen (secondary N) is 1. The van der Waals surface area contributed by atoms with Crippen LogP contribution in [0.25, 0.3) is 0 Å². The molecule has 1 fully saturated rings. The number of aliphatic hydroxyl groups is 5. The maximum atomic E-state index is 13.2. The quantitative estimate of drug-likeness (QED) is 0.0261. The molecule has 6 N–H and O–H groups in total. The maximum absolute atomic E-state index is 13.2. The SMILES string of the molecule is CCCCCCCCCCCCCCCCCCCCCCCC/C=C/C(O)C(COC1OC(CO)C(O)C(O)C1O)NC(=O)CCCCCCCCCCCCCCCCCCCCCCCCCCCCCCCCCCCCCCCCCCC. The van der Waals surface area contributed by atoms with Gasteiger partial charge in [-0.2, -0.15) is 0 Å². The lowest BCUT2D eigenvalue weighted by atomic mass is 9.99. The van der Waals surface area contributed by atoms with Crippen LogP contribution in [0.3, 0.4) is 0 Å². The van der Waals surface area contributed by atoms with Crippen LogP contribution < -0.4 is 5.32 Å². The van der Waals surface area contributed by atoms with E-state index in [0.29, 0.717) is 6.42 Å². The van der Waals surface area contributed by atoms with E-state index in [1.165, 1.54) is 372 Å². The van der Waals surface area contributed by atoms with Crippen LogP contribution in [0.15, 0.2) is 12.2 Å². The predicted molar refractivity (Wildman–Crippen MR) is 378 cm³/mol. The van der Waals surface area contributed by atoms with Crippen molar-refractivity contribution in [3.8, 4) is 0 Å². The van der Waals surface area contributed by atoms with Crippen molar-refractivity contribution in [1.29, 1.82) is 0 Å². The lowest BCUT2D eigenvalue weighted by Crippen LogP contribution is -2.60. The molecule has 7 atom stereocenters. The number of unbranched alkanes of at least 4 members (excludes halogenated alkanes) is 62. The zero-order valence-electron chi connectivity index (χ0n) is 59.0. The zero-order valence-corrected chi connectivity index (χ0v) is 59.0. The fourth-order valence-corrected chi connectivity index (χ4v) is 13.4. The second-order valence-corrected chi connectivity index (χ2v) is 28.2. The molecular weight excluding hydrogens is 1090 g/mol. The number of hydrogen-bond donors (Lipinski definition) is 6. The summed E-state index contributed by atoms with van der Waals surface area (Å²) in [4.78, 5) is 13.2. The summed E-state index contributed by atoms with van der Waals surface area (Å²) in [5, 5.41) is 54.9. The van der Waals surface area contributed by atoms with Crippen LogP contribution in [-0.4, -0.2) is 87.5 Å².